The molecule has 0 radical (unpaired) electrons. The summed E-state index contributed by atoms with van der Waals surface area (Å²) in [6, 6.07) is 12.0. The lowest BCUT2D eigenvalue weighted by molar-refractivity contribution is 1.41. The summed E-state index contributed by atoms with van der Waals surface area (Å²) < 4.78 is 0. The third-order valence-corrected chi connectivity index (χ3v) is 3.29. The molecule has 0 aliphatic heterocycles. The Morgan fingerprint density at radius 3 is 2.62 bits per heavy atom. The van der Waals surface area contributed by atoms with Gasteiger partial charge < -0.3 is 0 Å². The molecule has 0 aromatic heterocycles. The van der Waals surface area contributed by atoms with Crippen molar-refractivity contribution in [3.05, 3.63) is 53.6 Å². The molecule has 0 fully saturated rings. The van der Waals surface area contributed by atoms with Crippen molar-refractivity contribution < 1.29 is 0 Å². The zero-order chi connectivity index (χ0) is 9.10. The first-order valence-electron chi connectivity index (χ1n) is 4.86. The van der Waals surface area contributed by atoms with Gasteiger partial charge in [0.25, 0.3) is 0 Å². The van der Waals surface area contributed by atoms with Gasteiger partial charge in [0.05, 0.1) is 0 Å². The minimum atomic E-state index is 1.13. The SMILES string of the molecule is [SiH3]CC1=C(c2ccccc2)CC=C1. The van der Waals surface area contributed by atoms with E-state index in [1.54, 1.807) is 5.57 Å². The van der Waals surface area contributed by atoms with E-state index < -0.39 is 0 Å². The average Bonchev–Trinajstić information content (AvgIpc) is 2.67. The van der Waals surface area contributed by atoms with Gasteiger partial charge in [0, 0.05) is 10.2 Å². The maximum absolute atomic E-state index is 2.29. The number of rotatable bonds is 2. The van der Waals surface area contributed by atoms with Crippen molar-refractivity contribution >= 4 is 15.8 Å². The van der Waals surface area contributed by atoms with E-state index in [2.05, 4.69) is 42.5 Å². The maximum Gasteiger partial charge on any atom is 0.00834 e. The van der Waals surface area contributed by atoms with Gasteiger partial charge in [0.15, 0.2) is 0 Å². The highest BCUT2D eigenvalue weighted by Crippen LogP contribution is 2.29. The second-order valence-electron chi connectivity index (χ2n) is 3.33. The molecule has 1 aromatic rings. The third-order valence-electron chi connectivity index (χ3n) is 2.53. The second kappa shape index (κ2) is 3.75. The highest BCUT2D eigenvalue weighted by Gasteiger charge is 2.08. The molecule has 0 atom stereocenters. The second-order valence-corrected chi connectivity index (χ2v) is 4.04. The van der Waals surface area contributed by atoms with Crippen LogP contribution in [0, 0.1) is 0 Å². The zero-order valence-corrected chi connectivity index (χ0v) is 9.96. The molecule has 0 saturated carbocycles. The van der Waals surface area contributed by atoms with Crippen LogP contribution in [0.5, 0.6) is 0 Å². The third kappa shape index (κ3) is 1.65. The summed E-state index contributed by atoms with van der Waals surface area (Å²) in [7, 11) is 1.26. The van der Waals surface area contributed by atoms with Crippen molar-refractivity contribution in [2.24, 2.45) is 0 Å². The van der Waals surface area contributed by atoms with Crippen molar-refractivity contribution in [1.29, 1.82) is 0 Å². The molecule has 0 saturated heterocycles. The van der Waals surface area contributed by atoms with E-state index in [-0.39, 0.29) is 0 Å². The largest absolute Gasteiger partial charge is 0.0798 e. The van der Waals surface area contributed by atoms with Crippen LogP contribution in [0.2, 0.25) is 6.04 Å². The minimum Gasteiger partial charge on any atom is -0.0798 e. The molecular weight excluding hydrogens is 172 g/mol. The number of allylic oxidation sites excluding steroid dienone is 4. The normalized spacial score (nSPS) is 15.7. The average molecular weight is 186 g/mol. The fraction of sp³-hybridized carbons (Fsp3) is 0.167. The molecule has 0 N–H and O–H groups in total. The Labute approximate surface area is 82.4 Å². The summed E-state index contributed by atoms with van der Waals surface area (Å²) in [6.07, 6.45) is 5.69. The lowest BCUT2D eigenvalue weighted by Crippen LogP contribution is -1.84. The molecule has 13 heavy (non-hydrogen) atoms. The van der Waals surface area contributed by atoms with Crippen LogP contribution >= 0.6 is 0 Å². The quantitative estimate of drug-likeness (QED) is 0.621. The molecule has 0 spiro atoms. The maximum atomic E-state index is 2.29. The van der Waals surface area contributed by atoms with Crippen LogP contribution in [0.1, 0.15) is 12.0 Å². The van der Waals surface area contributed by atoms with Gasteiger partial charge in [-0.2, -0.15) is 0 Å². The summed E-state index contributed by atoms with van der Waals surface area (Å²) in [5.41, 5.74) is 4.49. The monoisotopic (exact) mass is 186 g/mol. The number of hydrogen-bond donors (Lipinski definition) is 0. The van der Waals surface area contributed by atoms with Crippen molar-refractivity contribution in [2.75, 3.05) is 0 Å². The van der Waals surface area contributed by atoms with Crippen molar-refractivity contribution in [3.8, 4) is 0 Å². The molecule has 1 heteroatoms. The Morgan fingerprint density at radius 1 is 1.15 bits per heavy atom. The molecule has 0 nitrogen and oxygen atoms in total. The molecule has 0 unspecified atom stereocenters. The predicted molar refractivity (Wildman–Crippen MR) is 61.9 cm³/mol. The van der Waals surface area contributed by atoms with Gasteiger partial charge in [-0.15, -0.1) is 0 Å². The lowest BCUT2D eigenvalue weighted by atomic mass is 10.0. The Balaban J connectivity index is 2.38. The van der Waals surface area contributed by atoms with Crippen LogP contribution < -0.4 is 0 Å². The van der Waals surface area contributed by atoms with Crippen LogP contribution in [0.15, 0.2) is 48.1 Å². The molecule has 1 aromatic carbocycles. The summed E-state index contributed by atoms with van der Waals surface area (Å²) in [6.45, 7) is 0. The smallest absolute Gasteiger partial charge is 0.00834 e. The molecule has 0 amide bonds. The van der Waals surface area contributed by atoms with Gasteiger partial charge in [0.2, 0.25) is 0 Å². The van der Waals surface area contributed by atoms with E-state index >= 15 is 0 Å². The van der Waals surface area contributed by atoms with E-state index in [1.165, 1.54) is 27.4 Å². The van der Waals surface area contributed by atoms with E-state index in [0.717, 1.165) is 6.42 Å². The molecule has 0 bridgehead atoms. The first kappa shape index (κ1) is 8.51. The molecule has 1 aliphatic carbocycles. The van der Waals surface area contributed by atoms with Gasteiger partial charge in [-0.25, -0.2) is 0 Å². The Kier molecular flexibility index (Phi) is 2.46. The topological polar surface area (TPSA) is 0 Å². The highest BCUT2D eigenvalue weighted by atomic mass is 28.1. The zero-order valence-electron chi connectivity index (χ0n) is 7.96. The fourth-order valence-electron chi connectivity index (χ4n) is 1.82. The molecule has 2 rings (SSSR count). The van der Waals surface area contributed by atoms with E-state index in [4.69, 9.17) is 0 Å². The van der Waals surface area contributed by atoms with Crippen molar-refractivity contribution in [3.63, 3.8) is 0 Å². The first-order valence-corrected chi connectivity index (χ1v) is 6.27. The van der Waals surface area contributed by atoms with Crippen LogP contribution in [-0.2, 0) is 0 Å². The Hall–Kier alpha value is -1.08. The fourth-order valence-corrected chi connectivity index (χ4v) is 2.49. The number of hydrogen-bond acceptors (Lipinski definition) is 0. The van der Waals surface area contributed by atoms with Crippen molar-refractivity contribution in [2.45, 2.75) is 12.5 Å². The van der Waals surface area contributed by atoms with Crippen LogP contribution in [0.3, 0.4) is 0 Å². The van der Waals surface area contributed by atoms with Crippen LogP contribution in [0.4, 0.5) is 0 Å². The van der Waals surface area contributed by atoms with Crippen LogP contribution in [-0.4, -0.2) is 10.2 Å². The summed E-state index contributed by atoms with van der Waals surface area (Å²) in [5, 5.41) is 0. The highest BCUT2D eigenvalue weighted by molar-refractivity contribution is 6.11. The molecule has 1 aliphatic rings. The predicted octanol–water partition coefficient (Wildman–Crippen LogP) is 2.18. The molecular formula is C12H14Si. The lowest BCUT2D eigenvalue weighted by Gasteiger charge is -2.04. The van der Waals surface area contributed by atoms with Gasteiger partial charge >= 0.3 is 0 Å². The Morgan fingerprint density at radius 2 is 1.92 bits per heavy atom. The van der Waals surface area contributed by atoms with Crippen molar-refractivity contribution in [1.82, 2.24) is 0 Å². The summed E-state index contributed by atoms with van der Waals surface area (Å²) in [4.78, 5) is 0. The first-order chi connectivity index (χ1) is 6.42. The molecule has 0 heterocycles. The van der Waals surface area contributed by atoms with Gasteiger partial charge in [0.1, 0.15) is 0 Å². The van der Waals surface area contributed by atoms with E-state index in [0.29, 0.717) is 0 Å². The number of benzene rings is 1. The van der Waals surface area contributed by atoms with Gasteiger partial charge in [-0.1, -0.05) is 42.5 Å². The minimum absolute atomic E-state index is 1.13. The van der Waals surface area contributed by atoms with E-state index in [9.17, 15) is 0 Å². The van der Waals surface area contributed by atoms with E-state index in [1.807, 2.05) is 0 Å². The van der Waals surface area contributed by atoms with Crippen LogP contribution in [0.25, 0.3) is 5.57 Å². The Bertz CT molecular complexity index is 347. The summed E-state index contributed by atoms with van der Waals surface area (Å²) >= 11 is 0. The van der Waals surface area contributed by atoms with Gasteiger partial charge in [-0.3, -0.25) is 0 Å². The van der Waals surface area contributed by atoms with Gasteiger partial charge in [-0.05, 0) is 29.2 Å². The molecule has 66 valence electrons. The summed E-state index contributed by atoms with van der Waals surface area (Å²) in [5.74, 6) is 0. The standard InChI is InChI=1S/C12H14Si/c13-9-11-7-4-8-12(11)10-5-2-1-3-6-10/h1-7H,8-9H2,13H3.